The van der Waals surface area contributed by atoms with Gasteiger partial charge in [-0.2, -0.15) is 9.61 Å². The van der Waals surface area contributed by atoms with Gasteiger partial charge in [-0.1, -0.05) is 31.5 Å². The summed E-state index contributed by atoms with van der Waals surface area (Å²) in [5.41, 5.74) is 1.42. The van der Waals surface area contributed by atoms with Crippen molar-refractivity contribution in [3.05, 3.63) is 36.7 Å². The number of aromatic nitrogens is 5. The van der Waals surface area contributed by atoms with Crippen LogP contribution in [0.4, 0.5) is 0 Å². The molecule has 0 unspecified atom stereocenters. The van der Waals surface area contributed by atoms with Crippen LogP contribution in [0.5, 0.6) is 0 Å². The van der Waals surface area contributed by atoms with E-state index in [9.17, 15) is 9.90 Å². The van der Waals surface area contributed by atoms with Crippen LogP contribution in [-0.2, 0) is 4.79 Å². The SMILES string of the molecule is CCCC[C@@H](Sc1ccc2nnc(-c3cccnc3)n2n1)C(=O)O. The van der Waals surface area contributed by atoms with E-state index < -0.39 is 11.2 Å². The molecule has 0 saturated carbocycles. The summed E-state index contributed by atoms with van der Waals surface area (Å²) in [7, 11) is 0. The number of hydrogen-bond acceptors (Lipinski definition) is 6. The Morgan fingerprint density at radius 3 is 2.92 bits per heavy atom. The molecule has 1 N–H and O–H groups in total. The van der Waals surface area contributed by atoms with E-state index in [2.05, 4.69) is 20.3 Å². The third kappa shape index (κ3) is 3.53. The fourth-order valence-electron chi connectivity index (χ4n) is 2.28. The van der Waals surface area contributed by atoms with Crippen LogP contribution in [0.15, 0.2) is 41.7 Å². The number of rotatable bonds is 7. The summed E-state index contributed by atoms with van der Waals surface area (Å²) in [4.78, 5) is 15.5. The molecule has 7 nitrogen and oxygen atoms in total. The molecule has 0 spiro atoms. The summed E-state index contributed by atoms with van der Waals surface area (Å²) in [5, 5.41) is 22.3. The van der Waals surface area contributed by atoms with Crippen molar-refractivity contribution in [3.8, 4) is 11.4 Å². The number of unbranched alkanes of at least 4 members (excludes halogenated alkanes) is 1. The van der Waals surface area contributed by atoms with Gasteiger partial charge in [0, 0.05) is 18.0 Å². The van der Waals surface area contributed by atoms with Crippen LogP contribution in [0.25, 0.3) is 17.0 Å². The monoisotopic (exact) mass is 343 g/mol. The second kappa shape index (κ2) is 7.39. The molecule has 8 heteroatoms. The molecule has 0 aliphatic carbocycles. The number of thioether (sulfide) groups is 1. The zero-order valence-electron chi connectivity index (χ0n) is 13.2. The molecule has 24 heavy (non-hydrogen) atoms. The maximum Gasteiger partial charge on any atom is 0.317 e. The van der Waals surface area contributed by atoms with Gasteiger partial charge in [0.1, 0.15) is 10.3 Å². The van der Waals surface area contributed by atoms with Crippen molar-refractivity contribution in [1.82, 2.24) is 24.8 Å². The molecule has 3 aromatic heterocycles. The molecule has 3 rings (SSSR count). The predicted molar refractivity (Wildman–Crippen MR) is 90.8 cm³/mol. The topological polar surface area (TPSA) is 93.3 Å². The first-order chi connectivity index (χ1) is 11.7. The van der Waals surface area contributed by atoms with Gasteiger partial charge < -0.3 is 5.11 Å². The zero-order chi connectivity index (χ0) is 16.9. The Morgan fingerprint density at radius 2 is 2.21 bits per heavy atom. The summed E-state index contributed by atoms with van der Waals surface area (Å²) >= 11 is 1.26. The van der Waals surface area contributed by atoms with Crippen molar-refractivity contribution in [1.29, 1.82) is 0 Å². The van der Waals surface area contributed by atoms with E-state index >= 15 is 0 Å². The highest BCUT2D eigenvalue weighted by molar-refractivity contribution is 8.00. The first kappa shape index (κ1) is 16.4. The minimum Gasteiger partial charge on any atom is -0.480 e. The lowest BCUT2D eigenvalue weighted by atomic mass is 10.2. The Hall–Kier alpha value is -2.48. The summed E-state index contributed by atoms with van der Waals surface area (Å²) < 4.78 is 1.62. The molecule has 124 valence electrons. The second-order valence-corrected chi connectivity index (χ2v) is 6.52. The number of carbonyl (C=O) groups is 1. The average Bonchev–Trinajstić information content (AvgIpc) is 3.02. The standard InChI is InChI=1S/C16H17N5O2S/c1-2-3-6-12(16(22)23)24-14-8-7-13-18-19-15(21(13)20-14)11-5-4-9-17-10-11/h4-5,7-10,12H,2-3,6H2,1H3,(H,22,23)/t12-/m1/s1. The molecule has 0 radical (unpaired) electrons. The summed E-state index contributed by atoms with van der Waals surface area (Å²) in [6.45, 7) is 2.05. The van der Waals surface area contributed by atoms with Crippen LogP contribution in [0.2, 0.25) is 0 Å². The van der Waals surface area contributed by atoms with Crippen LogP contribution >= 0.6 is 11.8 Å². The second-order valence-electron chi connectivity index (χ2n) is 5.29. The quantitative estimate of drug-likeness (QED) is 0.659. The number of fused-ring (bicyclic) bond motifs is 1. The molecule has 0 bridgehead atoms. The highest BCUT2D eigenvalue weighted by atomic mass is 32.2. The summed E-state index contributed by atoms with van der Waals surface area (Å²) in [6, 6.07) is 7.27. The number of carboxylic acid groups (broad SMARTS) is 1. The Bertz CT molecular complexity index is 837. The van der Waals surface area contributed by atoms with E-state index in [1.165, 1.54) is 11.8 Å². The maximum absolute atomic E-state index is 11.4. The Labute approximate surface area is 143 Å². The van der Waals surface area contributed by atoms with Crippen LogP contribution in [0, 0.1) is 0 Å². The molecule has 0 aliphatic rings. The smallest absolute Gasteiger partial charge is 0.317 e. The van der Waals surface area contributed by atoms with Crippen molar-refractivity contribution in [3.63, 3.8) is 0 Å². The lowest BCUT2D eigenvalue weighted by molar-refractivity contribution is -0.136. The van der Waals surface area contributed by atoms with Gasteiger partial charge in [-0.15, -0.1) is 10.2 Å². The van der Waals surface area contributed by atoms with Gasteiger partial charge in [0.05, 0.1) is 0 Å². The van der Waals surface area contributed by atoms with E-state index in [-0.39, 0.29) is 0 Å². The molecule has 0 fully saturated rings. The molecule has 0 aromatic carbocycles. The van der Waals surface area contributed by atoms with Gasteiger partial charge in [-0.05, 0) is 30.7 Å². The van der Waals surface area contributed by atoms with Gasteiger partial charge in [0.2, 0.25) is 0 Å². The van der Waals surface area contributed by atoms with Crippen LogP contribution in [0.1, 0.15) is 26.2 Å². The molecule has 3 aromatic rings. The summed E-state index contributed by atoms with van der Waals surface area (Å²) in [5.74, 6) is -0.229. The molecular weight excluding hydrogens is 326 g/mol. The zero-order valence-corrected chi connectivity index (χ0v) is 14.0. The number of nitrogens with zero attached hydrogens (tertiary/aromatic N) is 5. The van der Waals surface area contributed by atoms with Crippen LogP contribution in [-0.4, -0.2) is 41.1 Å². The van der Waals surface area contributed by atoms with Crippen molar-refractivity contribution in [2.45, 2.75) is 36.5 Å². The number of pyridine rings is 1. The van der Waals surface area contributed by atoms with E-state index in [4.69, 9.17) is 0 Å². The Kier molecular flexibility index (Phi) is 5.05. The van der Waals surface area contributed by atoms with Crippen molar-refractivity contribution < 1.29 is 9.90 Å². The van der Waals surface area contributed by atoms with Crippen molar-refractivity contribution >= 4 is 23.4 Å². The third-order valence-electron chi connectivity index (χ3n) is 3.52. The predicted octanol–water partition coefficient (Wildman–Crippen LogP) is 2.92. The highest BCUT2D eigenvalue weighted by Crippen LogP contribution is 2.26. The van der Waals surface area contributed by atoms with Gasteiger partial charge >= 0.3 is 5.97 Å². The highest BCUT2D eigenvalue weighted by Gasteiger charge is 2.20. The Morgan fingerprint density at radius 1 is 1.33 bits per heavy atom. The minimum atomic E-state index is -0.813. The number of carboxylic acids is 1. The number of hydrogen-bond donors (Lipinski definition) is 1. The lowest BCUT2D eigenvalue weighted by Gasteiger charge is -2.10. The molecular formula is C16H17N5O2S. The van der Waals surface area contributed by atoms with E-state index in [0.29, 0.717) is 22.9 Å². The summed E-state index contributed by atoms with van der Waals surface area (Å²) in [6.07, 6.45) is 5.84. The van der Waals surface area contributed by atoms with Crippen LogP contribution < -0.4 is 0 Å². The minimum absolute atomic E-state index is 0.506. The van der Waals surface area contributed by atoms with Gasteiger partial charge in [-0.3, -0.25) is 9.78 Å². The molecule has 0 amide bonds. The fourth-order valence-corrected chi connectivity index (χ4v) is 3.23. The normalized spacial score (nSPS) is 12.4. The Balaban J connectivity index is 1.91. The van der Waals surface area contributed by atoms with Gasteiger partial charge in [0.15, 0.2) is 11.5 Å². The molecule has 0 aliphatic heterocycles. The molecule has 0 saturated heterocycles. The van der Waals surface area contributed by atoms with Gasteiger partial charge in [0.25, 0.3) is 0 Å². The fraction of sp³-hybridized carbons (Fsp3) is 0.312. The van der Waals surface area contributed by atoms with E-state index in [0.717, 1.165) is 18.4 Å². The number of aliphatic carboxylic acids is 1. The van der Waals surface area contributed by atoms with Gasteiger partial charge in [-0.25, -0.2) is 0 Å². The largest absolute Gasteiger partial charge is 0.480 e. The molecule has 1 atom stereocenters. The van der Waals surface area contributed by atoms with Crippen molar-refractivity contribution in [2.24, 2.45) is 0 Å². The first-order valence-electron chi connectivity index (χ1n) is 7.71. The first-order valence-corrected chi connectivity index (χ1v) is 8.59. The molecule has 3 heterocycles. The van der Waals surface area contributed by atoms with Crippen LogP contribution in [0.3, 0.4) is 0 Å². The average molecular weight is 343 g/mol. The van der Waals surface area contributed by atoms with E-state index in [1.807, 2.05) is 19.1 Å². The lowest BCUT2D eigenvalue weighted by Crippen LogP contribution is -2.16. The van der Waals surface area contributed by atoms with E-state index in [1.54, 1.807) is 29.0 Å². The maximum atomic E-state index is 11.4. The third-order valence-corrected chi connectivity index (χ3v) is 4.70. The van der Waals surface area contributed by atoms with Crippen molar-refractivity contribution in [2.75, 3.05) is 0 Å².